The van der Waals surface area contributed by atoms with Crippen molar-refractivity contribution >= 4 is 13.7 Å². The second-order valence-electron chi connectivity index (χ2n) is 2.73. The van der Waals surface area contributed by atoms with Crippen molar-refractivity contribution < 1.29 is 39.8 Å². The normalized spacial score (nSPS) is 10.8. The molecule has 0 aliphatic rings. The van der Waals surface area contributed by atoms with Crippen LogP contribution < -0.4 is 40.5 Å². The molecule has 1 aromatic carbocycles. The maximum atomic E-state index is 5.67. The average molecular weight is 221 g/mol. The monoisotopic (exact) mass is 221 g/mol. The fourth-order valence-corrected chi connectivity index (χ4v) is 3.20. The Kier molecular flexibility index (Phi) is 6.89. The molecule has 0 aliphatic carbocycles. The molecule has 0 fully saturated rings. The first kappa shape index (κ1) is 14.3. The quantitative estimate of drug-likeness (QED) is 0.560. The molecule has 0 saturated carbocycles. The van der Waals surface area contributed by atoms with Gasteiger partial charge in [-0.3, -0.25) is 0 Å². The van der Waals surface area contributed by atoms with E-state index in [0.717, 1.165) is 5.19 Å². The molecule has 0 unspecified atom stereocenters. The van der Waals surface area contributed by atoms with Crippen molar-refractivity contribution in [3.05, 3.63) is 30.3 Å². The van der Waals surface area contributed by atoms with Gasteiger partial charge in [0.1, 0.15) is 0 Å². The van der Waals surface area contributed by atoms with Crippen molar-refractivity contribution in [2.24, 2.45) is 5.73 Å². The molecule has 0 heterocycles. The topological polar surface area (TPSA) is 44.5 Å². The van der Waals surface area contributed by atoms with Gasteiger partial charge in [-0.2, -0.15) is 0 Å². The Hall–Kier alpha value is 0.317. The molecule has 3 nitrogen and oxygen atoms in total. The molecule has 5 heteroatoms. The van der Waals surface area contributed by atoms with Crippen LogP contribution in [0, 0.1) is 0 Å². The van der Waals surface area contributed by atoms with E-state index in [1.807, 2.05) is 30.3 Å². The summed E-state index contributed by atoms with van der Waals surface area (Å²) >= 11 is 0. The first-order valence-corrected chi connectivity index (χ1v) is 6.17. The van der Waals surface area contributed by atoms with E-state index >= 15 is 0 Å². The van der Waals surface area contributed by atoms with Gasteiger partial charge in [-0.05, 0) is 5.19 Å². The summed E-state index contributed by atoms with van der Waals surface area (Å²) in [5.74, 6) is 0. The molecule has 0 aliphatic heterocycles. The van der Waals surface area contributed by atoms with Crippen LogP contribution in [0.4, 0.5) is 0 Å². The van der Waals surface area contributed by atoms with Crippen LogP contribution in [-0.4, -0.2) is 28.9 Å². The standard InChI is InChI=1S/C9H15NO2Si.Na.H/c1-11-13(8-10,12-2)9-6-4-3-5-7-9;;/h3-7H,8,10H2,1-2H3;;/q;+1;-1. The molecular weight excluding hydrogens is 205 g/mol. The Morgan fingerprint density at radius 1 is 1.21 bits per heavy atom. The van der Waals surface area contributed by atoms with Gasteiger partial charge in [-0.1, -0.05) is 30.3 Å². The summed E-state index contributed by atoms with van der Waals surface area (Å²) in [6.07, 6.45) is 0.435. The van der Waals surface area contributed by atoms with Crippen molar-refractivity contribution in [1.82, 2.24) is 0 Å². The summed E-state index contributed by atoms with van der Waals surface area (Å²) in [7, 11) is 0.981. The van der Waals surface area contributed by atoms with Gasteiger partial charge in [0.25, 0.3) is 0 Å². The van der Waals surface area contributed by atoms with Gasteiger partial charge in [-0.15, -0.1) is 0 Å². The maximum Gasteiger partial charge on any atom is 1.00 e. The van der Waals surface area contributed by atoms with Gasteiger partial charge in [-0.25, -0.2) is 0 Å². The van der Waals surface area contributed by atoms with Crippen LogP contribution in [0.25, 0.3) is 0 Å². The largest absolute Gasteiger partial charge is 1.00 e. The predicted octanol–water partition coefficient (Wildman–Crippen LogP) is -2.76. The van der Waals surface area contributed by atoms with Gasteiger partial charge in [0.2, 0.25) is 0 Å². The van der Waals surface area contributed by atoms with E-state index in [-0.39, 0.29) is 31.0 Å². The zero-order chi connectivity index (χ0) is 9.73. The number of benzene rings is 1. The van der Waals surface area contributed by atoms with Crippen LogP contribution in [0.2, 0.25) is 0 Å². The molecule has 0 amide bonds. The van der Waals surface area contributed by atoms with E-state index in [4.69, 9.17) is 14.6 Å². The van der Waals surface area contributed by atoms with Gasteiger partial charge < -0.3 is 16.0 Å². The summed E-state index contributed by atoms with van der Waals surface area (Å²) < 4.78 is 10.8. The van der Waals surface area contributed by atoms with Crippen LogP contribution in [0.1, 0.15) is 1.43 Å². The number of hydrogen-bond donors (Lipinski definition) is 1. The summed E-state index contributed by atoms with van der Waals surface area (Å²) in [5.41, 5.74) is 5.67. The summed E-state index contributed by atoms with van der Waals surface area (Å²) in [4.78, 5) is 0. The van der Waals surface area contributed by atoms with E-state index in [0.29, 0.717) is 6.17 Å². The van der Waals surface area contributed by atoms with Gasteiger partial charge in [0, 0.05) is 20.4 Å². The average Bonchev–Trinajstić information content (AvgIpc) is 2.23. The van der Waals surface area contributed by atoms with Gasteiger partial charge in [0.15, 0.2) is 0 Å². The van der Waals surface area contributed by atoms with Gasteiger partial charge >= 0.3 is 38.1 Å². The SMILES string of the molecule is CO[Si](CN)(OC)c1ccccc1.[H-].[Na+]. The molecule has 14 heavy (non-hydrogen) atoms. The van der Waals surface area contributed by atoms with Crippen LogP contribution >= 0.6 is 0 Å². The van der Waals surface area contributed by atoms with E-state index in [9.17, 15) is 0 Å². The zero-order valence-corrected chi connectivity index (χ0v) is 12.0. The molecule has 2 N–H and O–H groups in total. The third kappa shape index (κ3) is 2.90. The number of rotatable bonds is 4. The second kappa shape index (κ2) is 6.74. The smallest absolute Gasteiger partial charge is 1.00 e. The Bertz CT molecular complexity index is 251. The fourth-order valence-electron chi connectivity index (χ4n) is 1.30. The maximum absolute atomic E-state index is 5.67. The molecule has 1 aromatic rings. The van der Waals surface area contributed by atoms with E-state index in [1.165, 1.54) is 0 Å². The number of hydrogen-bond acceptors (Lipinski definition) is 3. The van der Waals surface area contributed by atoms with Crippen LogP contribution in [0.3, 0.4) is 0 Å². The minimum absolute atomic E-state index is 0. The van der Waals surface area contributed by atoms with E-state index in [2.05, 4.69) is 0 Å². The van der Waals surface area contributed by atoms with Crippen molar-refractivity contribution in [3.63, 3.8) is 0 Å². The molecule has 0 radical (unpaired) electrons. The first-order valence-electron chi connectivity index (χ1n) is 4.15. The Morgan fingerprint density at radius 3 is 2.07 bits per heavy atom. The minimum atomic E-state index is -2.32. The Balaban J connectivity index is 0. The molecule has 0 aromatic heterocycles. The third-order valence-electron chi connectivity index (χ3n) is 2.14. The minimum Gasteiger partial charge on any atom is -1.00 e. The van der Waals surface area contributed by atoms with Crippen LogP contribution in [0.15, 0.2) is 30.3 Å². The fraction of sp³-hybridized carbons (Fsp3) is 0.333. The van der Waals surface area contributed by atoms with Gasteiger partial charge in [0.05, 0.1) is 0 Å². The van der Waals surface area contributed by atoms with E-state index in [1.54, 1.807) is 14.2 Å². The molecule has 74 valence electrons. The zero-order valence-electron chi connectivity index (χ0n) is 9.99. The number of nitrogens with two attached hydrogens (primary N) is 1. The van der Waals surface area contributed by atoms with Crippen LogP contribution in [0.5, 0.6) is 0 Å². The second-order valence-corrected chi connectivity index (χ2v) is 6.04. The molecule has 0 saturated heterocycles. The molecule has 0 bridgehead atoms. The molecular formula is C9H16NNaO2Si. The Labute approximate surface area is 110 Å². The Morgan fingerprint density at radius 2 is 1.71 bits per heavy atom. The first-order chi connectivity index (χ1) is 6.29. The van der Waals surface area contributed by atoms with Crippen molar-refractivity contribution in [3.8, 4) is 0 Å². The third-order valence-corrected chi connectivity index (χ3v) is 5.21. The van der Waals surface area contributed by atoms with Crippen LogP contribution in [-0.2, 0) is 8.85 Å². The van der Waals surface area contributed by atoms with Crippen molar-refractivity contribution in [1.29, 1.82) is 0 Å². The molecule has 1 rings (SSSR count). The summed E-state index contributed by atoms with van der Waals surface area (Å²) in [6.45, 7) is 0. The molecule has 0 atom stereocenters. The summed E-state index contributed by atoms with van der Waals surface area (Å²) in [6, 6.07) is 9.87. The molecule has 0 spiro atoms. The van der Waals surface area contributed by atoms with Crippen molar-refractivity contribution in [2.45, 2.75) is 0 Å². The van der Waals surface area contributed by atoms with E-state index < -0.39 is 8.56 Å². The predicted molar refractivity (Wildman–Crippen MR) is 56.0 cm³/mol. The van der Waals surface area contributed by atoms with Crippen molar-refractivity contribution in [2.75, 3.05) is 20.4 Å². The summed E-state index contributed by atoms with van der Waals surface area (Å²) in [5, 5.41) is 1.07.